The molecule has 0 saturated carbocycles. The molecule has 114 valence electrons. The van der Waals surface area contributed by atoms with Gasteiger partial charge in [0, 0.05) is 18.3 Å². The number of nitrogens with one attached hydrogen (secondary N) is 2. The number of aryl methyl sites for hydroxylation is 1. The van der Waals surface area contributed by atoms with Crippen LogP contribution in [0.2, 0.25) is 0 Å². The summed E-state index contributed by atoms with van der Waals surface area (Å²) >= 11 is 0. The van der Waals surface area contributed by atoms with Gasteiger partial charge in [0.05, 0.1) is 0 Å². The molecule has 2 N–H and O–H groups in total. The summed E-state index contributed by atoms with van der Waals surface area (Å²) in [6.07, 6.45) is 4.77. The summed E-state index contributed by atoms with van der Waals surface area (Å²) in [4.78, 5) is 25.4. The third-order valence-electron chi connectivity index (χ3n) is 3.00. The van der Waals surface area contributed by atoms with E-state index < -0.39 is 6.09 Å². The third-order valence-corrected chi connectivity index (χ3v) is 3.00. The molecule has 1 aromatic heterocycles. The van der Waals surface area contributed by atoms with E-state index in [0.29, 0.717) is 12.1 Å². The summed E-state index contributed by atoms with van der Waals surface area (Å²) < 4.78 is 5.08. The number of carbonyl (C=O) groups excluding carboxylic acids is 1. The van der Waals surface area contributed by atoms with Crippen molar-refractivity contribution in [2.45, 2.75) is 13.5 Å². The first-order valence-electron chi connectivity index (χ1n) is 6.95. The minimum absolute atomic E-state index is 0.0974. The van der Waals surface area contributed by atoms with Crippen LogP contribution in [0.4, 0.5) is 4.79 Å². The first-order valence-corrected chi connectivity index (χ1v) is 6.95. The maximum absolute atomic E-state index is 11.5. The molecule has 1 aromatic carbocycles. The molecule has 22 heavy (non-hydrogen) atoms. The van der Waals surface area contributed by atoms with E-state index in [0.717, 1.165) is 11.1 Å². The number of H-pyrrole nitrogens is 1. The lowest BCUT2D eigenvalue weighted by Gasteiger charge is -2.05. The van der Waals surface area contributed by atoms with E-state index in [1.807, 2.05) is 36.4 Å². The van der Waals surface area contributed by atoms with E-state index in [1.165, 1.54) is 0 Å². The Morgan fingerprint density at radius 3 is 2.82 bits per heavy atom. The Bertz CT molecular complexity index is 705. The van der Waals surface area contributed by atoms with Crippen molar-refractivity contribution in [1.82, 2.24) is 10.3 Å². The predicted octanol–water partition coefficient (Wildman–Crippen LogP) is 2.62. The maximum atomic E-state index is 11.5. The Labute approximate surface area is 128 Å². The largest absolute Gasteiger partial charge is 0.445 e. The van der Waals surface area contributed by atoms with Crippen LogP contribution in [0.15, 0.2) is 53.5 Å². The fraction of sp³-hybridized carbons (Fsp3) is 0.176. The second-order valence-electron chi connectivity index (χ2n) is 4.79. The molecular weight excluding hydrogens is 280 g/mol. The molecule has 2 aromatic rings. The molecule has 0 aliphatic rings. The van der Waals surface area contributed by atoms with Crippen LogP contribution in [0.3, 0.4) is 0 Å². The lowest BCUT2D eigenvalue weighted by molar-refractivity contribution is 0.141. The first kappa shape index (κ1) is 15.6. The number of aromatic nitrogens is 1. The quantitative estimate of drug-likeness (QED) is 0.891. The van der Waals surface area contributed by atoms with Gasteiger partial charge in [-0.2, -0.15) is 0 Å². The van der Waals surface area contributed by atoms with Crippen molar-refractivity contribution >= 4 is 12.2 Å². The number of ether oxygens (including phenoxy) is 1. The van der Waals surface area contributed by atoms with Crippen molar-refractivity contribution < 1.29 is 9.53 Å². The number of carbonyl (C=O) groups is 1. The van der Waals surface area contributed by atoms with E-state index in [2.05, 4.69) is 10.3 Å². The predicted molar refractivity (Wildman–Crippen MR) is 85.5 cm³/mol. The van der Waals surface area contributed by atoms with E-state index in [1.54, 1.807) is 25.3 Å². The van der Waals surface area contributed by atoms with E-state index in [9.17, 15) is 9.59 Å². The van der Waals surface area contributed by atoms with Gasteiger partial charge in [0.2, 0.25) is 0 Å². The summed E-state index contributed by atoms with van der Waals surface area (Å²) in [5, 5.41) is 2.63. The standard InChI is InChI=1S/C17H18N2O3/c1-13-10-15(11-19-16(13)20)8-5-9-18-17(21)22-12-14-6-3-2-4-7-14/h2-8,10-11H,9,12H2,1H3,(H,18,21)(H,19,20). The highest BCUT2D eigenvalue weighted by atomic mass is 16.5. The average molecular weight is 298 g/mol. The summed E-state index contributed by atoms with van der Waals surface area (Å²) in [7, 11) is 0. The minimum Gasteiger partial charge on any atom is -0.445 e. The number of amides is 1. The molecule has 0 atom stereocenters. The van der Waals surface area contributed by atoms with Crippen molar-refractivity contribution in [2.75, 3.05) is 6.54 Å². The van der Waals surface area contributed by atoms with Crippen LogP contribution in [0.1, 0.15) is 16.7 Å². The molecule has 5 heteroatoms. The normalized spacial score (nSPS) is 10.6. The monoisotopic (exact) mass is 298 g/mol. The van der Waals surface area contributed by atoms with Gasteiger partial charge in [-0.3, -0.25) is 4.79 Å². The van der Waals surface area contributed by atoms with E-state index >= 15 is 0 Å². The molecule has 1 heterocycles. The molecule has 0 bridgehead atoms. The lowest BCUT2D eigenvalue weighted by Crippen LogP contribution is -2.24. The molecule has 0 aliphatic heterocycles. The number of rotatable bonds is 5. The highest BCUT2D eigenvalue weighted by molar-refractivity contribution is 5.67. The summed E-state index contributed by atoms with van der Waals surface area (Å²) in [6.45, 7) is 2.34. The topological polar surface area (TPSA) is 71.2 Å². The van der Waals surface area contributed by atoms with Crippen molar-refractivity contribution in [3.63, 3.8) is 0 Å². The number of pyridine rings is 1. The molecular formula is C17H18N2O3. The molecule has 5 nitrogen and oxygen atoms in total. The molecule has 0 spiro atoms. The van der Waals surface area contributed by atoms with Crippen LogP contribution in [0.25, 0.3) is 6.08 Å². The second kappa shape index (κ2) is 7.83. The van der Waals surface area contributed by atoms with Crippen molar-refractivity contribution in [3.8, 4) is 0 Å². The fourth-order valence-electron chi connectivity index (χ4n) is 1.83. The van der Waals surface area contributed by atoms with Gasteiger partial charge in [0.15, 0.2) is 0 Å². The van der Waals surface area contributed by atoms with Crippen molar-refractivity contribution in [3.05, 3.63) is 75.7 Å². The van der Waals surface area contributed by atoms with Gasteiger partial charge < -0.3 is 15.0 Å². The van der Waals surface area contributed by atoms with Crippen molar-refractivity contribution in [2.24, 2.45) is 0 Å². The van der Waals surface area contributed by atoms with E-state index in [-0.39, 0.29) is 12.2 Å². The number of aromatic amines is 1. The lowest BCUT2D eigenvalue weighted by atomic mass is 10.2. The summed E-state index contributed by atoms with van der Waals surface area (Å²) in [5.74, 6) is 0. The zero-order valence-corrected chi connectivity index (χ0v) is 12.3. The third kappa shape index (κ3) is 4.94. The first-order chi connectivity index (χ1) is 10.6. The number of alkyl carbamates (subject to hydrolysis) is 1. The maximum Gasteiger partial charge on any atom is 0.407 e. The van der Waals surface area contributed by atoms with Crippen LogP contribution in [-0.4, -0.2) is 17.6 Å². The van der Waals surface area contributed by atoms with Crippen molar-refractivity contribution in [1.29, 1.82) is 0 Å². The van der Waals surface area contributed by atoms with Crippen LogP contribution >= 0.6 is 0 Å². The minimum atomic E-state index is -0.467. The van der Waals surface area contributed by atoms with Crippen LogP contribution < -0.4 is 10.9 Å². The van der Waals surface area contributed by atoms with E-state index in [4.69, 9.17) is 4.74 Å². The molecule has 0 radical (unpaired) electrons. The fourth-order valence-corrected chi connectivity index (χ4v) is 1.83. The van der Waals surface area contributed by atoms with Gasteiger partial charge in [-0.1, -0.05) is 42.5 Å². The van der Waals surface area contributed by atoms with Crippen LogP contribution in [0, 0.1) is 6.92 Å². The molecule has 0 saturated heterocycles. The SMILES string of the molecule is Cc1cc(C=CCNC(=O)OCc2ccccc2)c[nH]c1=O. The molecule has 1 amide bonds. The second-order valence-corrected chi connectivity index (χ2v) is 4.79. The Morgan fingerprint density at radius 2 is 2.09 bits per heavy atom. The van der Waals surface area contributed by atoms with Crippen LogP contribution in [0.5, 0.6) is 0 Å². The Morgan fingerprint density at radius 1 is 1.32 bits per heavy atom. The van der Waals surface area contributed by atoms with Gasteiger partial charge >= 0.3 is 6.09 Å². The molecule has 2 rings (SSSR count). The highest BCUT2D eigenvalue weighted by Crippen LogP contribution is 2.01. The number of benzene rings is 1. The Hall–Kier alpha value is -2.82. The Kier molecular flexibility index (Phi) is 5.54. The van der Waals surface area contributed by atoms with Gasteiger partial charge in [-0.15, -0.1) is 0 Å². The zero-order chi connectivity index (χ0) is 15.8. The van der Waals surface area contributed by atoms with Gasteiger partial charge in [-0.05, 0) is 24.1 Å². The highest BCUT2D eigenvalue weighted by Gasteiger charge is 2.00. The molecule has 0 aliphatic carbocycles. The molecule has 0 fully saturated rings. The zero-order valence-electron chi connectivity index (χ0n) is 12.3. The van der Waals surface area contributed by atoms with Gasteiger partial charge in [0.25, 0.3) is 5.56 Å². The Balaban J connectivity index is 1.73. The van der Waals surface area contributed by atoms with Crippen LogP contribution in [-0.2, 0) is 11.3 Å². The number of hydrogen-bond donors (Lipinski definition) is 2. The molecule has 0 unspecified atom stereocenters. The number of hydrogen-bond acceptors (Lipinski definition) is 3. The summed E-state index contributed by atoms with van der Waals surface area (Å²) in [5.41, 5.74) is 2.37. The summed E-state index contributed by atoms with van der Waals surface area (Å²) in [6, 6.07) is 11.3. The van der Waals surface area contributed by atoms with Gasteiger partial charge in [0.1, 0.15) is 6.61 Å². The smallest absolute Gasteiger partial charge is 0.407 e. The average Bonchev–Trinajstić information content (AvgIpc) is 2.54. The van der Waals surface area contributed by atoms with Gasteiger partial charge in [-0.25, -0.2) is 4.79 Å².